The van der Waals surface area contributed by atoms with Gasteiger partial charge in [0, 0.05) is 6.04 Å². The van der Waals surface area contributed by atoms with E-state index in [1.54, 1.807) is 13.0 Å². The van der Waals surface area contributed by atoms with Gasteiger partial charge in [-0.1, -0.05) is 18.6 Å². The van der Waals surface area contributed by atoms with Crippen LogP contribution in [-0.2, 0) is 0 Å². The Morgan fingerprint density at radius 1 is 1.33 bits per heavy atom. The fraction of sp³-hybridized carbons (Fsp3) is 0.588. The number of benzene rings is 1. The van der Waals surface area contributed by atoms with Gasteiger partial charge in [-0.05, 0) is 55.7 Å². The minimum Gasteiger partial charge on any atom is -0.406 e. The molecule has 1 aromatic rings. The summed E-state index contributed by atoms with van der Waals surface area (Å²) in [6.45, 7) is 1.72. The minimum absolute atomic E-state index is 0.206. The molecule has 0 saturated heterocycles. The van der Waals surface area contributed by atoms with Crippen LogP contribution in [0.2, 0.25) is 0 Å². The topological polar surface area (TPSA) is 50.4 Å². The molecule has 0 aromatic heterocycles. The lowest BCUT2D eigenvalue weighted by Crippen LogP contribution is -2.55. The lowest BCUT2D eigenvalue weighted by molar-refractivity contribution is -0.274. The summed E-state index contributed by atoms with van der Waals surface area (Å²) in [5, 5.41) is 5.69. The van der Waals surface area contributed by atoms with Crippen LogP contribution in [0.5, 0.6) is 5.75 Å². The van der Waals surface area contributed by atoms with E-state index in [0.29, 0.717) is 11.0 Å². The first kappa shape index (κ1) is 16.9. The second-order valence-electron chi connectivity index (χ2n) is 6.92. The number of carbonyl (C=O) groups is 1. The Morgan fingerprint density at radius 3 is 2.62 bits per heavy atom. The summed E-state index contributed by atoms with van der Waals surface area (Å²) in [4.78, 5) is 12.0. The van der Waals surface area contributed by atoms with Crippen LogP contribution in [0.4, 0.5) is 18.0 Å². The molecule has 0 heterocycles. The maximum absolute atomic E-state index is 12.3. The Kier molecular flexibility index (Phi) is 4.36. The van der Waals surface area contributed by atoms with E-state index in [9.17, 15) is 18.0 Å². The number of nitrogens with one attached hydrogen (secondary N) is 2. The van der Waals surface area contributed by atoms with Crippen LogP contribution in [0.15, 0.2) is 24.3 Å². The third kappa shape index (κ3) is 3.94. The number of hydrogen-bond acceptors (Lipinski definition) is 2. The van der Waals surface area contributed by atoms with E-state index in [1.807, 2.05) is 0 Å². The van der Waals surface area contributed by atoms with E-state index in [2.05, 4.69) is 15.4 Å². The van der Waals surface area contributed by atoms with Crippen molar-refractivity contribution in [2.45, 2.75) is 57.5 Å². The fourth-order valence-electron chi connectivity index (χ4n) is 3.66. The summed E-state index contributed by atoms with van der Waals surface area (Å²) < 4.78 is 40.7. The second kappa shape index (κ2) is 6.18. The van der Waals surface area contributed by atoms with Gasteiger partial charge in [-0.3, -0.25) is 0 Å². The van der Waals surface area contributed by atoms with Gasteiger partial charge >= 0.3 is 12.4 Å². The van der Waals surface area contributed by atoms with Crippen molar-refractivity contribution in [1.29, 1.82) is 0 Å². The summed E-state index contributed by atoms with van der Waals surface area (Å²) in [5.74, 6) is -0.292. The summed E-state index contributed by atoms with van der Waals surface area (Å²) in [6, 6.07) is 5.14. The fourth-order valence-corrected chi connectivity index (χ4v) is 3.66. The molecule has 7 heteroatoms. The van der Waals surface area contributed by atoms with Crippen molar-refractivity contribution in [3.63, 3.8) is 0 Å². The van der Waals surface area contributed by atoms with E-state index in [4.69, 9.17) is 0 Å². The summed E-state index contributed by atoms with van der Waals surface area (Å²) in [5.41, 5.74) is 1.03. The maximum atomic E-state index is 12.3. The lowest BCUT2D eigenvalue weighted by Gasteiger charge is -2.54. The molecule has 2 aliphatic carbocycles. The molecule has 2 aliphatic rings. The molecule has 3 rings (SSSR count). The molecular formula is C17H21F3N2O2. The van der Waals surface area contributed by atoms with Gasteiger partial charge < -0.3 is 15.4 Å². The molecule has 132 valence electrons. The Bertz CT molecular complexity index is 606. The van der Waals surface area contributed by atoms with Crippen LogP contribution in [0.3, 0.4) is 0 Å². The molecule has 1 atom stereocenters. The van der Waals surface area contributed by atoms with Crippen LogP contribution >= 0.6 is 0 Å². The van der Waals surface area contributed by atoms with Crippen LogP contribution in [0.1, 0.15) is 50.6 Å². The molecule has 0 radical (unpaired) electrons. The van der Waals surface area contributed by atoms with Gasteiger partial charge in [0.2, 0.25) is 0 Å². The maximum Gasteiger partial charge on any atom is 0.573 e. The molecule has 2 N–H and O–H groups in total. The predicted molar refractivity (Wildman–Crippen MR) is 82.5 cm³/mol. The Labute approximate surface area is 138 Å². The average Bonchev–Trinajstić information content (AvgIpc) is 2.38. The molecule has 2 fully saturated rings. The highest BCUT2D eigenvalue weighted by atomic mass is 19.4. The quantitative estimate of drug-likeness (QED) is 0.858. The molecule has 24 heavy (non-hydrogen) atoms. The first-order chi connectivity index (χ1) is 11.2. The zero-order valence-corrected chi connectivity index (χ0v) is 13.5. The third-order valence-corrected chi connectivity index (χ3v) is 5.05. The zero-order valence-electron chi connectivity index (χ0n) is 13.5. The van der Waals surface area contributed by atoms with Crippen LogP contribution in [0, 0.1) is 5.41 Å². The zero-order chi connectivity index (χ0) is 17.4. The second-order valence-corrected chi connectivity index (χ2v) is 6.92. The summed E-state index contributed by atoms with van der Waals surface area (Å²) in [6.07, 6.45) is 1.14. The highest BCUT2D eigenvalue weighted by molar-refractivity contribution is 5.75. The van der Waals surface area contributed by atoms with Crippen molar-refractivity contribution in [3.8, 4) is 5.75 Å². The van der Waals surface area contributed by atoms with Crippen molar-refractivity contribution in [2.24, 2.45) is 5.41 Å². The number of ether oxygens (including phenoxy) is 1. The molecule has 1 spiro atoms. The van der Waals surface area contributed by atoms with Crippen molar-refractivity contribution < 1.29 is 22.7 Å². The molecular weight excluding hydrogens is 321 g/mol. The van der Waals surface area contributed by atoms with Crippen molar-refractivity contribution in [2.75, 3.05) is 0 Å². The monoisotopic (exact) mass is 342 g/mol. The Morgan fingerprint density at radius 2 is 2.04 bits per heavy atom. The minimum atomic E-state index is -4.73. The standard InChI is InChI=1S/C17H21F3N2O2/c1-11(12-4-2-5-14(8-12)24-17(18,19)20)21-15(23)22-13-9-16(10-13)6-3-7-16/h2,4-5,8,11,13H,3,6-7,9-10H2,1H3,(H2,21,22,23). The normalized spacial score (nSPS) is 20.7. The first-order valence-electron chi connectivity index (χ1n) is 8.17. The van der Waals surface area contributed by atoms with Gasteiger partial charge in [0.1, 0.15) is 5.75 Å². The molecule has 1 unspecified atom stereocenters. The van der Waals surface area contributed by atoms with Crippen molar-refractivity contribution in [3.05, 3.63) is 29.8 Å². The number of amides is 2. The Balaban J connectivity index is 1.50. The van der Waals surface area contributed by atoms with Gasteiger partial charge in [-0.25, -0.2) is 4.79 Å². The Hall–Kier alpha value is -1.92. The third-order valence-electron chi connectivity index (χ3n) is 5.05. The van der Waals surface area contributed by atoms with Crippen molar-refractivity contribution >= 4 is 6.03 Å². The average molecular weight is 342 g/mol. The van der Waals surface area contributed by atoms with E-state index < -0.39 is 12.4 Å². The molecule has 2 amide bonds. The van der Waals surface area contributed by atoms with Crippen LogP contribution < -0.4 is 15.4 Å². The van der Waals surface area contributed by atoms with E-state index in [0.717, 1.165) is 12.8 Å². The SMILES string of the molecule is CC(NC(=O)NC1CC2(CCC2)C1)c1cccc(OC(F)(F)F)c1. The lowest BCUT2D eigenvalue weighted by atomic mass is 9.54. The smallest absolute Gasteiger partial charge is 0.406 e. The van der Waals surface area contributed by atoms with Crippen LogP contribution in [0.25, 0.3) is 0 Å². The number of alkyl halides is 3. The number of rotatable bonds is 4. The number of carbonyl (C=O) groups excluding carboxylic acids is 1. The van der Waals surface area contributed by atoms with Gasteiger partial charge in [-0.2, -0.15) is 0 Å². The number of hydrogen-bond donors (Lipinski definition) is 2. The van der Waals surface area contributed by atoms with E-state index in [-0.39, 0.29) is 17.8 Å². The van der Waals surface area contributed by atoms with E-state index >= 15 is 0 Å². The van der Waals surface area contributed by atoms with Gasteiger partial charge in [0.15, 0.2) is 0 Å². The summed E-state index contributed by atoms with van der Waals surface area (Å²) in [7, 11) is 0. The van der Waals surface area contributed by atoms with Crippen molar-refractivity contribution in [1.82, 2.24) is 10.6 Å². The molecule has 0 aliphatic heterocycles. The molecule has 0 bridgehead atoms. The van der Waals surface area contributed by atoms with Gasteiger partial charge in [-0.15, -0.1) is 13.2 Å². The molecule has 1 aromatic carbocycles. The summed E-state index contributed by atoms with van der Waals surface area (Å²) >= 11 is 0. The largest absolute Gasteiger partial charge is 0.573 e. The first-order valence-corrected chi connectivity index (χ1v) is 8.17. The molecule has 2 saturated carbocycles. The predicted octanol–water partition coefficient (Wildman–Crippen LogP) is 4.28. The van der Waals surface area contributed by atoms with Gasteiger partial charge in [0.25, 0.3) is 0 Å². The van der Waals surface area contributed by atoms with E-state index in [1.165, 1.54) is 37.5 Å². The number of halogens is 3. The highest BCUT2D eigenvalue weighted by Gasteiger charge is 2.48. The highest BCUT2D eigenvalue weighted by Crippen LogP contribution is 2.55. The molecule has 4 nitrogen and oxygen atoms in total. The van der Waals surface area contributed by atoms with Gasteiger partial charge in [0.05, 0.1) is 6.04 Å². The van der Waals surface area contributed by atoms with Crippen LogP contribution in [-0.4, -0.2) is 18.4 Å². The number of urea groups is 1.